The predicted molar refractivity (Wildman–Crippen MR) is 102 cm³/mol. The number of carbonyl (C=O) groups is 1. The van der Waals surface area contributed by atoms with E-state index >= 15 is 0 Å². The van der Waals surface area contributed by atoms with E-state index in [1.54, 1.807) is 28.9 Å². The van der Waals surface area contributed by atoms with Crippen molar-refractivity contribution in [2.24, 2.45) is 0 Å². The second-order valence-electron chi connectivity index (χ2n) is 6.06. The van der Waals surface area contributed by atoms with Gasteiger partial charge in [0.05, 0.1) is 12.2 Å². The van der Waals surface area contributed by atoms with Gasteiger partial charge in [0.25, 0.3) is 5.91 Å². The number of fused-ring (bicyclic) bond motifs is 1. The highest BCUT2D eigenvalue weighted by Gasteiger charge is 2.16. The number of anilines is 1. The average Bonchev–Trinajstić information content (AvgIpc) is 3.19. The maximum atomic E-state index is 12.6. The first-order valence-corrected chi connectivity index (χ1v) is 8.55. The van der Waals surface area contributed by atoms with E-state index in [2.05, 4.69) is 10.4 Å². The molecule has 0 radical (unpaired) electrons. The van der Waals surface area contributed by atoms with E-state index in [4.69, 9.17) is 16.0 Å². The fraction of sp³-hybridized carbons (Fsp3) is 0.100. The van der Waals surface area contributed by atoms with E-state index in [0.717, 1.165) is 16.6 Å². The van der Waals surface area contributed by atoms with Crippen molar-refractivity contribution in [1.82, 2.24) is 9.78 Å². The third-order valence-electron chi connectivity index (χ3n) is 4.02. The number of nitrogens with one attached hydrogen (secondary N) is 1. The summed E-state index contributed by atoms with van der Waals surface area (Å²) >= 11 is 5.98. The van der Waals surface area contributed by atoms with Crippen LogP contribution < -0.4 is 5.32 Å². The minimum atomic E-state index is -0.327. The number of rotatable bonds is 4. The fourth-order valence-electron chi connectivity index (χ4n) is 2.83. The predicted octanol–water partition coefficient (Wildman–Crippen LogP) is 4.89. The summed E-state index contributed by atoms with van der Waals surface area (Å²) in [6.07, 6.45) is 0. The zero-order chi connectivity index (χ0) is 18.1. The van der Waals surface area contributed by atoms with E-state index in [9.17, 15) is 4.79 Å². The summed E-state index contributed by atoms with van der Waals surface area (Å²) in [5.74, 6) is 0.522. The van der Waals surface area contributed by atoms with Gasteiger partial charge in [-0.15, -0.1) is 0 Å². The monoisotopic (exact) mass is 365 g/mol. The highest BCUT2D eigenvalue weighted by atomic mass is 35.5. The number of hydrogen-bond donors (Lipinski definition) is 1. The molecule has 4 aromatic rings. The Bertz CT molecular complexity index is 1080. The highest BCUT2D eigenvalue weighted by molar-refractivity contribution is 6.31. The standard InChI is InChI=1S/C20H16ClN3O2/c1-13-9-19(24(23-13)12-14-5-3-2-4-6-14)22-20(25)18-11-15-10-16(21)7-8-17(15)26-18/h2-11H,12H2,1H3,(H,22,25). The van der Waals surface area contributed by atoms with E-state index in [1.165, 1.54) is 0 Å². The molecule has 2 aromatic carbocycles. The van der Waals surface area contributed by atoms with Gasteiger partial charge in [0.15, 0.2) is 5.76 Å². The van der Waals surface area contributed by atoms with E-state index in [-0.39, 0.29) is 11.7 Å². The largest absolute Gasteiger partial charge is 0.451 e. The summed E-state index contributed by atoms with van der Waals surface area (Å²) < 4.78 is 7.39. The lowest BCUT2D eigenvalue weighted by molar-refractivity contribution is 0.0997. The van der Waals surface area contributed by atoms with Crippen LogP contribution in [0.2, 0.25) is 5.02 Å². The van der Waals surface area contributed by atoms with Gasteiger partial charge in [-0.3, -0.25) is 4.79 Å². The molecule has 0 aliphatic rings. The van der Waals surface area contributed by atoms with Crippen molar-refractivity contribution in [3.8, 4) is 0 Å². The second kappa shape index (κ2) is 6.69. The number of aromatic nitrogens is 2. The summed E-state index contributed by atoms with van der Waals surface area (Å²) in [6, 6.07) is 18.7. The summed E-state index contributed by atoms with van der Waals surface area (Å²) in [5.41, 5.74) is 2.55. The molecule has 0 saturated carbocycles. The lowest BCUT2D eigenvalue weighted by atomic mass is 10.2. The maximum Gasteiger partial charge on any atom is 0.292 e. The maximum absolute atomic E-state index is 12.6. The van der Waals surface area contributed by atoms with Crippen molar-refractivity contribution in [3.63, 3.8) is 0 Å². The summed E-state index contributed by atoms with van der Waals surface area (Å²) in [6.45, 7) is 2.46. The number of hydrogen-bond acceptors (Lipinski definition) is 3. The molecular formula is C20H16ClN3O2. The van der Waals surface area contributed by atoms with Crippen molar-refractivity contribution in [3.05, 3.63) is 82.7 Å². The van der Waals surface area contributed by atoms with Crippen molar-refractivity contribution >= 4 is 34.3 Å². The molecule has 0 saturated heterocycles. The van der Waals surface area contributed by atoms with Crippen molar-refractivity contribution < 1.29 is 9.21 Å². The third kappa shape index (κ3) is 3.34. The Balaban J connectivity index is 1.59. The molecule has 0 bridgehead atoms. The molecule has 0 unspecified atom stereocenters. The fourth-order valence-corrected chi connectivity index (χ4v) is 3.01. The highest BCUT2D eigenvalue weighted by Crippen LogP contribution is 2.24. The van der Waals surface area contributed by atoms with Crippen LogP contribution in [0.5, 0.6) is 0 Å². The minimum absolute atomic E-state index is 0.229. The zero-order valence-electron chi connectivity index (χ0n) is 14.1. The van der Waals surface area contributed by atoms with Gasteiger partial charge in [0, 0.05) is 16.5 Å². The molecule has 1 N–H and O–H groups in total. The number of furan rings is 1. The van der Waals surface area contributed by atoms with Crippen LogP contribution >= 0.6 is 11.6 Å². The van der Waals surface area contributed by atoms with E-state index < -0.39 is 0 Å². The van der Waals surface area contributed by atoms with Crippen LogP contribution in [-0.4, -0.2) is 15.7 Å². The molecule has 2 heterocycles. The van der Waals surface area contributed by atoms with E-state index in [1.807, 2.05) is 43.3 Å². The number of amides is 1. The van der Waals surface area contributed by atoms with Crippen LogP contribution in [0.4, 0.5) is 5.82 Å². The molecule has 2 aromatic heterocycles. The Hall–Kier alpha value is -3.05. The van der Waals surface area contributed by atoms with Gasteiger partial charge in [-0.05, 0) is 36.8 Å². The quantitative estimate of drug-likeness (QED) is 0.560. The number of halogens is 1. The van der Waals surface area contributed by atoms with Crippen LogP contribution in [0, 0.1) is 6.92 Å². The minimum Gasteiger partial charge on any atom is -0.451 e. The SMILES string of the molecule is Cc1cc(NC(=O)c2cc3cc(Cl)ccc3o2)n(Cc2ccccc2)n1. The first-order valence-electron chi connectivity index (χ1n) is 8.17. The second-order valence-corrected chi connectivity index (χ2v) is 6.50. The van der Waals surface area contributed by atoms with Crippen LogP contribution in [0.25, 0.3) is 11.0 Å². The number of benzene rings is 2. The first-order chi connectivity index (χ1) is 12.6. The molecule has 5 nitrogen and oxygen atoms in total. The Morgan fingerprint density at radius 3 is 2.77 bits per heavy atom. The molecule has 0 fully saturated rings. The Morgan fingerprint density at radius 1 is 1.15 bits per heavy atom. The Morgan fingerprint density at radius 2 is 1.96 bits per heavy atom. The number of carbonyl (C=O) groups excluding carboxylic acids is 1. The molecule has 0 atom stereocenters. The molecule has 0 aliphatic heterocycles. The molecule has 1 amide bonds. The summed E-state index contributed by atoms with van der Waals surface area (Å²) in [7, 11) is 0. The molecule has 26 heavy (non-hydrogen) atoms. The van der Waals surface area contributed by atoms with Crippen LogP contribution in [0.3, 0.4) is 0 Å². The smallest absolute Gasteiger partial charge is 0.292 e. The van der Waals surface area contributed by atoms with E-state index in [0.29, 0.717) is 23.0 Å². The van der Waals surface area contributed by atoms with Gasteiger partial charge >= 0.3 is 0 Å². The molecule has 4 rings (SSSR count). The average molecular weight is 366 g/mol. The Labute approximate surface area is 155 Å². The van der Waals surface area contributed by atoms with Gasteiger partial charge < -0.3 is 9.73 Å². The van der Waals surface area contributed by atoms with Gasteiger partial charge in [-0.1, -0.05) is 41.9 Å². The molecule has 130 valence electrons. The topological polar surface area (TPSA) is 60.1 Å². The lowest BCUT2D eigenvalue weighted by Crippen LogP contribution is -2.15. The Kier molecular flexibility index (Phi) is 4.22. The van der Waals surface area contributed by atoms with Gasteiger partial charge in [-0.2, -0.15) is 5.10 Å². The summed E-state index contributed by atoms with van der Waals surface area (Å²) in [5, 5.41) is 8.73. The van der Waals surface area contributed by atoms with Crippen LogP contribution in [0.1, 0.15) is 21.8 Å². The number of aryl methyl sites for hydroxylation is 1. The molecule has 0 spiro atoms. The van der Waals surface area contributed by atoms with Crippen molar-refractivity contribution in [2.45, 2.75) is 13.5 Å². The van der Waals surface area contributed by atoms with Crippen molar-refractivity contribution in [1.29, 1.82) is 0 Å². The molecule has 6 heteroatoms. The van der Waals surface area contributed by atoms with Crippen molar-refractivity contribution in [2.75, 3.05) is 5.32 Å². The lowest BCUT2D eigenvalue weighted by Gasteiger charge is -2.08. The van der Waals surface area contributed by atoms with Gasteiger partial charge in [0.1, 0.15) is 11.4 Å². The van der Waals surface area contributed by atoms with Crippen LogP contribution in [0.15, 0.2) is 65.1 Å². The first kappa shape index (κ1) is 16.4. The third-order valence-corrected chi connectivity index (χ3v) is 4.26. The van der Waals surface area contributed by atoms with Gasteiger partial charge in [0.2, 0.25) is 0 Å². The van der Waals surface area contributed by atoms with Gasteiger partial charge in [-0.25, -0.2) is 4.68 Å². The normalized spacial score (nSPS) is 11.0. The summed E-state index contributed by atoms with van der Waals surface area (Å²) in [4.78, 5) is 12.6. The number of nitrogens with zero attached hydrogens (tertiary/aromatic N) is 2. The zero-order valence-corrected chi connectivity index (χ0v) is 14.8. The molecule has 0 aliphatic carbocycles. The van der Waals surface area contributed by atoms with Crippen LogP contribution in [-0.2, 0) is 6.54 Å². The molecular weight excluding hydrogens is 350 g/mol.